The van der Waals surface area contributed by atoms with E-state index in [2.05, 4.69) is 35.7 Å². The Balaban J connectivity index is 1.97. The second-order valence-electron chi connectivity index (χ2n) is 7.51. The molecule has 1 saturated heterocycles. The van der Waals surface area contributed by atoms with E-state index in [-0.39, 0.29) is 11.9 Å². The molecule has 1 atom stereocenters. The summed E-state index contributed by atoms with van der Waals surface area (Å²) in [6, 6.07) is 3.56. The van der Waals surface area contributed by atoms with Crippen molar-refractivity contribution in [3.63, 3.8) is 0 Å². The predicted octanol–water partition coefficient (Wildman–Crippen LogP) is 2.42. The first kappa shape index (κ1) is 21.3. The van der Waals surface area contributed by atoms with Crippen LogP contribution in [-0.2, 0) is 21.4 Å². The van der Waals surface area contributed by atoms with Gasteiger partial charge in [0.25, 0.3) is 0 Å². The van der Waals surface area contributed by atoms with Crippen LogP contribution in [0, 0.1) is 11.8 Å². The molecule has 1 aliphatic heterocycles. The number of thiophene rings is 1. The number of carbonyl (C=O) groups is 1. The second-order valence-corrected chi connectivity index (χ2v) is 10.7. The maximum atomic E-state index is 12.6. The van der Waals surface area contributed by atoms with Gasteiger partial charge in [-0.3, -0.25) is 9.69 Å². The SMILES string of the molecule is CC(=O)NCc1ccc(S(=O)(=O)NC[C@@H](C(C)C)N2CCC(C)CC2)s1. The van der Waals surface area contributed by atoms with Crippen LogP contribution in [0.5, 0.6) is 0 Å². The molecule has 6 nitrogen and oxygen atoms in total. The largest absolute Gasteiger partial charge is 0.351 e. The molecule has 148 valence electrons. The number of rotatable bonds is 8. The van der Waals surface area contributed by atoms with E-state index in [1.807, 2.05) is 0 Å². The van der Waals surface area contributed by atoms with Gasteiger partial charge in [0.2, 0.25) is 15.9 Å². The molecule has 8 heteroatoms. The Kier molecular flexibility index (Phi) is 7.63. The highest BCUT2D eigenvalue weighted by Crippen LogP contribution is 2.23. The summed E-state index contributed by atoms with van der Waals surface area (Å²) in [5.74, 6) is 1.00. The molecule has 1 amide bonds. The minimum absolute atomic E-state index is 0.128. The third-order valence-electron chi connectivity index (χ3n) is 4.95. The zero-order valence-electron chi connectivity index (χ0n) is 16.1. The summed E-state index contributed by atoms with van der Waals surface area (Å²) in [6.07, 6.45) is 2.35. The van der Waals surface area contributed by atoms with Crippen molar-refractivity contribution in [1.82, 2.24) is 14.9 Å². The van der Waals surface area contributed by atoms with Crippen LogP contribution in [0.1, 0.15) is 45.4 Å². The minimum atomic E-state index is -3.53. The number of likely N-dealkylation sites (tertiary alicyclic amines) is 1. The Morgan fingerprint density at radius 1 is 1.31 bits per heavy atom. The zero-order valence-corrected chi connectivity index (χ0v) is 17.8. The smallest absolute Gasteiger partial charge is 0.250 e. The van der Waals surface area contributed by atoms with Crippen molar-refractivity contribution in [2.75, 3.05) is 19.6 Å². The van der Waals surface area contributed by atoms with Crippen LogP contribution in [0.15, 0.2) is 16.3 Å². The topological polar surface area (TPSA) is 78.5 Å². The molecule has 26 heavy (non-hydrogen) atoms. The molecule has 0 unspecified atom stereocenters. The van der Waals surface area contributed by atoms with Gasteiger partial charge in [-0.2, -0.15) is 0 Å². The molecule has 0 spiro atoms. The Bertz CT molecular complexity index is 692. The first-order chi connectivity index (χ1) is 12.2. The number of amides is 1. The molecule has 0 bridgehead atoms. The molecule has 1 aromatic rings. The normalized spacial score (nSPS) is 18.2. The number of nitrogens with zero attached hydrogens (tertiary/aromatic N) is 1. The van der Waals surface area contributed by atoms with Gasteiger partial charge in [0, 0.05) is 24.4 Å². The van der Waals surface area contributed by atoms with E-state index in [1.54, 1.807) is 12.1 Å². The number of carbonyl (C=O) groups excluding carboxylic acids is 1. The first-order valence-electron chi connectivity index (χ1n) is 9.26. The van der Waals surface area contributed by atoms with Crippen molar-refractivity contribution < 1.29 is 13.2 Å². The summed E-state index contributed by atoms with van der Waals surface area (Å²) < 4.78 is 28.4. The maximum absolute atomic E-state index is 12.6. The average molecular weight is 402 g/mol. The summed E-state index contributed by atoms with van der Waals surface area (Å²) in [6.45, 7) is 10.9. The highest BCUT2D eigenvalue weighted by atomic mass is 32.2. The van der Waals surface area contributed by atoms with Gasteiger partial charge >= 0.3 is 0 Å². The summed E-state index contributed by atoms with van der Waals surface area (Å²) in [7, 11) is -3.53. The van der Waals surface area contributed by atoms with E-state index in [0.29, 0.717) is 23.2 Å². The minimum Gasteiger partial charge on any atom is -0.351 e. The third-order valence-corrected chi connectivity index (χ3v) is 7.95. The van der Waals surface area contributed by atoms with Crippen molar-refractivity contribution in [1.29, 1.82) is 0 Å². The van der Waals surface area contributed by atoms with E-state index in [1.165, 1.54) is 31.1 Å². The number of sulfonamides is 1. The van der Waals surface area contributed by atoms with Crippen LogP contribution in [0.3, 0.4) is 0 Å². The van der Waals surface area contributed by atoms with Crippen molar-refractivity contribution >= 4 is 27.3 Å². The van der Waals surface area contributed by atoms with Crippen molar-refractivity contribution in [3.05, 3.63) is 17.0 Å². The van der Waals surface area contributed by atoms with E-state index >= 15 is 0 Å². The van der Waals surface area contributed by atoms with E-state index < -0.39 is 10.0 Å². The van der Waals surface area contributed by atoms with Gasteiger partial charge in [-0.15, -0.1) is 11.3 Å². The van der Waals surface area contributed by atoms with E-state index in [0.717, 1.165) is 23.9 Å². The molecule has 2 heterocycles. The summed E-state index contributed by atoms with van der Waals surface area (Å²) in [4.78, 5) is 14.2. The Hall–Kier alpha value is -0.960. The van der Waals surface area contributed by atoms with Crippen LogP contribution in [0.2, 0.25) is 0 Å². The van der Waals surface area contributed by atoms with Crippen molar-refractivity contribution in [2.45, 2.75) is 57.3 Å². The van der Waals surface area contributed by atoms with Gasteiger partial charge in [0.05, 0.1) is 6.54 Å². The lowest BCUT2D eigenvalue weighted by atomic mass is 9.94. The summed E-state index contributed by atoms with van der Waals surface area (Å²) in [5.41, 5.74) is 0. The predicted molar refractivity (Wildman–Crippen MR) is 106 cm³/mol. The van der Waals surface area contributed by atoms with Crippen molar-refractivity contribution in [2.24, 2.45) is 11.8 Å². The fraction of sp³-hybridized carbons (Fsp3) is 0.722. The van der Waals surface area contributed by atoms with E-state index in [4.69, 9.17) is 0 Å². The van der Waals surface area contributed by atoms with E-state index in [9.17, 15) is 13.2 Å². The van der Waals surface area contributed by atoms with Gasteiger partial charge in [-0.1, -0.05) is 20.8 Å². The van der Waals surface area contributed by atoms with Gasteiger partial charge in [-0.25, -0.2) is 13.1 Å². The Labute approximate surface area is 161 Å². The highest BCUT2D eigenvalue weighted by Gasteiger charge is 2.27. The quantitative estimate of drug-likeness (QED) is 0.701. The Morgan fingerprint density at radius 3 is 2.54 bits per heavy atom. The lowest BCUT2D eigenvalue weighted by Gasteiger charge is -2.38. The number of hydrogen-bond acceptors (Lipinski definition) is 5. The molecule has 0 aliphatic carbocycles. The molecule has 0 saturated carbocycles. The highest BCUT2D eigenvalue weighted by molar-refractivity contribution is 7.91. The number of nitrogens with one attached hydrogen (secondary N) is 2. The van der Waals surface area contributed by atoms with Gasteiger partial charge in [0.15, 0.2) is 0 Å². The summed E-state index contributed by atoms with van der Waals surface area (Å²) in [5, 5.41) is 2.69. The molecule has 1 fully saturated rings. The summed E-state index contributed by atoms with van der Waals surface area (Å²) >= 11 is 1.20. The lowest BCUT2D eigenvalue weighted by Crippen LogP contribution is -2.49. The fourth-order valence-electron chi connectivity index (χ4n) is 3.22. The van der Waals surface area contributed by atoms with Crippen LogP contribution in [0.4, 0.5) is 0 Å². The Morgan fingerprint density at radius 2 is 1.96 bits per heavy atom. The maximum Gasteiger partial charge on any atom is 0.250 e. The zero-order chi connectivity index (χ0) is 19.3. The van der Waals surface area contributed by atoms with Gasteiger partial charge in [-0.05, 0) is 49.9 Å². The lowest BCUT2D eigenvalue weighted by molar-refractivity contribution is -0.119. The molecule has 1 aliphatic rings. The van der Waals surface area contributed by atoms with Crippen molar-refractivity contribution in [3.8, 4) is 0 Å². The first-order valence-corrected chi connectivity index (χ1v) is 11.6. The van der Waals surface area contributed by atoms with Crippen LogP contribution < -0.4 is 10.0 Å². The standard InChI is InChI=1S/C18H31N3O3S2/c1-13(2)17(21-9-7-14(3)8-10-21)12-20-26(23,24)18-6-5-16(25-18)11-19-15(4)22/h5-6,13-14,17,20H,7-12H2,1-4H3,(H,19,22)/t17-/m0/s1. The average Bonchev–Trinajstić information content (AvgIpc) is 3.04. The molecule has 0 radical (unpaired) electrons. The monoisotopic (exact) mass is 401 g/mol. The van der Waals surface area contributed by atoms with Gasteiger partial charge in [0.1, 0.15) is 4.21 Å². The molecule has 0 aromatic carbocycles. The molecular formula is C18H31N3O3S2. The molecule has 2 N–H and O–H groups in total. The number of piperidine rings is 1. The molecule has 1 aromatic heterocycles. The number of hydrogen-bond donors (Lipinski definition) is 2. The third kappa shape index (κ3) is 6.04. The van der Waals surface area contributed by atoms with Crippen LogP contribution in [0.25, 0.3) is 0 Å². The van der Waals surface area contributed by atoms with Crippen LogP contribution >= 0.6 is 11.3 Å². The fourth-order valence-corrected chi connectivity index (χ4v) is 5.61. The molecular weight excluding hydrogens is 370 g/mol. The molecule has 2 rings (SSSR count). The second kappa shape index (κ2) is 9.30. The van der Waals surface area contributed by atoms with Gasteiger partial charge < -0.3 is 5.32 Å². The van der Waals surface area contributed by atoms with Crippen LogP contribution in [-0.4, -0.2) is 44.9 Å².